The third kappa shape index (κ3) is 2.45. The van der Waals surface area contributed by atoms with Crippen molar-refractivity contribution < 1.29 is 0 Å². The van der Waals surface area contributed by atoms with E-state index in [-0.39, 0.29) is 6.17 Å². The molecule has 0 radical (unpaired) electrons. The third-order valence-corrected chi connectivity index (χ3v) is 3.01. The molecule has 0 unspecified atom stereocenters. The van der Waals surface area contributed by atoms with Crippen LogP contribution in [0.1, 0.15) is 11.7 Å². The molecule has 0 bridgehead atoms. The van der Waals surface area contributed by atoms with Crippen molar-refractivity contribution in [1.82, 2.24) is 9.80 Å². The maximum Gasteiger partial charge on any atom is 0.0903 e. The van der Waals surface area contributed by atoms with Crippen LogP contribution in [0.2, 0.25) is 0 Å². The normalized spacial score (nSPS) is 17.8. The minimum atomic E-state index is 0.0653. The van der Waals surface area contributed by atoms with Gasteiger partial charge in [-0.3, -0.25) is 9.80 Å². The Kier molecular flexibility index (Phi) is 3.72. The third-order valence-electron chi connectivity index (χ3n) is 3.01. The number of hydrogen-bond donors (Lipinski definition) is 0. The molecule has 0 saturated carbocycles. The van der Waals surface area contributed by atoms with Crippen LogP contribution in [0.5, 0.6) is 0 Å². The van der Waals surface area contributed by atoms with Gasteiger partial charge in [0.05, 0.1) is 31.4 Å². The number of nitriles is 2. The van der Waals surface area contributed by atoms with Crippen LogP contribution in [-0.2, 0) is 0 Å². The second-order valence-corrected chi connectivity index (χ2v) is 4.04. The van der Waals surface area contributed by atoms with E-state index in [1.807, 2.05) is 30.3 Å². The van der Waals surface area contributed by atoms with E-state index in [4.69, 9.17) is 10.5 Å². The summed E-state index contributed by atoms with van der Waals surface area (Å²) in [6.45, 7) is 2.49. The summed E-state index contributed by atoms with van der Waals surface area (Å²) in [4.78, 5) is 4.21. The zero-order valence-corrected chi connectivity index (χ0v) is 9.58. The van der Waals surface area contributed by atoms with Crippen molar-refractivity contribution in [3.05, 3.63) is 35.9 Å². The van der Waals surface area contributed by atoms with Gasteiger partial charge in [-0.05, 0) is 5.56 Å². The van der Waals surface area contributed by atoms with Gasteiger partial charge >= 0.3 is 0 Å². The molecular formula is C13H14N4. The van der Waals surface area contributed by atoms with Crippen LogP contribution in [0.4, 0.5) is 0 Å². The Labute approximate surface area is 101 Å². The standard InChI is InChI=1S/C13H14N4/c14-6-8-16-10-11-17(9-7-15)13(16)12-4-2-1-3-5-12/h1-5,13H,8-11H2. The molecule has 1 heterocycles. The predicted octanol–water partition coefficient (Wildman–Crippen LogP) is 1.35. The Morgan fingerprint density at radius 3 is 2.00 bits per heavy atom. The fourth-order valence-electron chi connectivity index (χ4n) is 2.29. The van der Waals surface area contributed by atoms with Gasteiger partial charge in [0.2, 0.25) is 0 Å². The number of rotatable bonds is 3. The monoisotopic (exact) mass is 226 g/mol. The highest BCUT2D eigenvalue weighted by Crippen LogP contribution is 2.28. The van der Waals surface area contributed by atoms with Crippen molar-refractivity contribution in [1.29, 1.82) is 10.5 Å². The first-order chi connectivity index (χ1) is 8.36. The van der Waals surface area contributed by atoms with Crippen molar-refractivity contribution in [2.24, 2.45) is 0 Å². The van der Waals surface area contributed by atoms with E-state index in [0.717, 1.165) is 18.7 Å². The Morgan fingerprint density at radius 1 is 1.00 bits per heavy atom. The van der Waals surface area contributed by atoms with E-state index in [0.29, 0.717) is 13.1 Å². The SMILES string of the molecule is N#CCN1CCN(CC#N)C1c1ccccc1. The molecule has 2 rings (SSSR count). The first-order valence-electron chi connectivity index (χ1n) is 5.63. The van der Waals surface area contributed by atoms with E-state index in [1.165, 1.54) is 0 Å². The highest BCUT2D eigenvalue weighted by Gasteiger charge is 2.32. The number of benzene rings is 1. The molecule has 1 aliphatic heterocycles. The van der Waals surface area contributed by atoms with Crippen LogP contribution in [0, 0.1) is 22.7 Å². The highest BCUT2D eigenvalue weighted by molar-refractivity contribution is 5.20. The Hall–Kier alpha value is -1.88. The smallest absolute Gasteiger partial charge is 0.0903 e. The second kappa shape index (κ2) is 5.45. The first kappa shape index (κ1) is 11.6. The average Bonchev–Trinajstić information content (AvgIpc) is 2.74. The quantitative estimate of drug-likeness (QED) is 0.730. The molecule has 17 heavy (non-hydrogen) atoms. The van der Waals surface area contributed by atoms with Crippen LogP contribution in [-0.4, -0.2) is 36.0 Å². The first-order valence-corrected chi connectivity index (χ1v) is 5.63. The molecule has 0 N–H and O–H groups in total. The van der Waals surface area contributed by atoms with E-state index < -0.39 is 0 Å². The van der Waals surface area contributed by atoms with Crippen molar-refractivity contribution >= 4 is 0 Å². The lowest BCUT2D eigenvalue weighted by molar-refractivity contribution is 0.164. The molecule has 0 aliphatic carbocycles. The van der Waals surface area contributed by atoms with Crippen LogP contribution in [0.3, 0.4) is 0 Å². The number of nitrogens with zero attached hydrogens (tertiary/aromatic N) is 4. The van der Waals surface area contributed by atoms with Gasteiger partial charge in [-0.25, -0.2) is 0 Å². The molecule has 1 saturated heterocycles. The van der Waals surface area contributed by atoms with Crippen molar-refractivity contribution in [2.45, 2.75) is 6.17 Å². The summed E-state index contributed by atoms with van der Waals surface area (Å²) in [6.07, 6.45) is 0.0653. The maximum atomic E-state index is 8.83. The number of hydrogen-bond acceptors (Lipinski definition) is 4. The fourth-order valence-corrected chi connectivity index (χ4v) is 2.29. The Balaban J connectivity index is 2.24. The minimum Gasteiger partial charge on any atom is -0.270 e. The average molecular weight is 226 g/mol. The molecule has 0 spiro atoms. The van der Waals surface area contributed by atoms with Crippen molar-refractivity contribution in [3.63, 3.8) is 0 Å². The molecule has 0 aromatic heterocycles. The largest absolute Gasteiger partial charge is 0.270 e. The molecule has 0 amide bonds. The van der Waals surface area contributed by atoms with E-state index in [2.05, 4.69) is 21.9 Å². The lowest BCUT2D eigenvalue weighted by Gasteiger charge is -2.27. The van der Waals surface area contributed by atoms with Gasteiger partial charge in [0.1, 0.15) is 0 Å². The summed E-state index contributed by atoms with van der Waals surface area (Å²) in [7, 11) is 0. The van der Waals surface area contributed by atoms with Crippen molar-refractivity contribution in [2.75, 3.05) is 26.2 Å². The van der Waals surface area contributed by atoms with Gasteiger partial charge in [-0.1, -0.05) is 30.3 Å². The van der Waals surface area contributed by atoms with Crippen LogP contribution in [0.25, 0.3) is 0 Å². The van der Waals surface area contributed by atoms with Gasteiger partial charge in [-0.2, -0.15) is 10.5 Å². The summed E-state index contributed by atoms with van der Waals surface area (Å²) < 4.78 is 0. The van der Waals surface area contributed by atoms with Gasteiger partial charge < -0.3 is 0 Å². The van der Waals surface area contributed by atoms with Crippen molar-refractivity contribution in [3.8, 4) is 12.1 Å². The predicted molar refractivity (Wildman–Crippen MR) is 63.6 cm³/mol. The second-order valence-electron chi connectivity index (χ2n) is 4.04. The summed E-state index contributed by atoms with van der Waals surface area (Å²) in [5.74, 6) is 0. The van der Waals surface area contributed by atoms with Gasteiger partial charge in [0.15, 0.2) is 0 Å². The van der Waals surface area contributed by atoms with Gasteiger partial charge in [-0.15, -0.1) is 0 Å². The lowest BCUT2D eigenvalue weighted by atomic mass is 10.1. The van der Waals surface area contributed by atoms with Gasteiger partial charge in [0, 0.05) is 13.1 Å². The Morgan fingerprint density at radius 2 is 1.53 bits per heavy atom. The zero-order chi connectivity index (χ0) is 12.1. The molecule has 1 aromatic rings. The molecule has 0 atom stereocenters. The molecule has 4 nitrogen and oxygen atoms in total. The van der Waals surface area contributed by atoms with Gasteiger partial charge in [0.25, 0.3) is 0 Å². The summed E-state index contributed by atoms with van der Waals surface area (Å²) in [5, 5.41) is 17.7. The summed E-state index contributed by atoms with van der Waals surface area (Å²) in [5.41, 5.74) is 1.15. The maximum absolute atomic E-state index is 8.83. The molecule has 1 aromatic carbocycles. The van der Waals surface area contributed by atoms with Crippen LogP contribution in [0.15, 0.2) is 30.3 Å². The Bertz CT molecular complexity index is 419. The van der Waals surface area contributed by atoms with E-state index >= 15 is 0 Å². The van der Waals surface area contributed by atoms with Crippen LogP contribution >= 0.6 is 0 Å². The fraction of sp³-hybridized carbons (Fsp3) is 0.385. The summed E-state index contributed by atoms with van der Waals surface area (Å²) >= 11 is 0. The van der Waals surface area contributed by atoms with E-state index in [9.17, 15) is 0 Å². The topological polar surface area (TPSA) is 54.1 Å². The minimum absolute atomic E-state index is 0.0653. The summed E-state index contributed by atoms with van der Waals surface area (Å²) in [6, 6.07) is 14.4. The molecule has 1 aliphatic rings. The molecule has 4 heteroatoms. The molecule has 1 fully saturated rings. The lowest BCUT2D eigenvalue weighted by Crippen LogP contribution is -2.31. The van der Waals surface area contributed by atoms with E-state index in [1.54, 1.807) is 0 Å². The van der Waals surface area contributed by atoms with Crippen LogP contribution < -0.4 is 0 Å². The molecular weight excluding hydrogens is 212 g/mol. The molecule has 86 valence electrons. The zero-order valence-electron chi connectivity index (χ0n) is 9.58. The highest BCUT2D eigenvalue weighted by atomic mass is 15.4.